The van der Waals surface area contributed by atoms with Gasteiger partial charge in [0.15, 0.2) is 5.69 Å². The third-order valence-corrected chi connectivity index (χ3v) is 4.88. The average Bonchev–Trinajstić information content (AvgIpc) is 3.10. The molecule has 0 spiro atoms. The molecule has 0 saturated carbocycles. The van der Waals surface area contributed by atoms with Crippen LogP contribution in [-0.4, -0.2) is 74.5 Å². The molecule has 0 aliphatic carbocycles. The maximum atomic E-state index is 12.7. The molecule has 11 nitrogen and oxygen atoms in total. The summed E-state index contributed by atoms with van der Waals surface area (Å²) in [7, 11) is 1.45. The number of nitro groups is 1. The number of likely N-dealkylation sites (N-methyl/N-ethyl adjacent to an activating group) is 1. The zero-order valence-electron chi connectivity index (χ0n) is 15.1. The van der Waals surface area contributed by atoms with E-state index in [1.54, 1.807) is 0 Å². The number of non-ortho nitro benzene ring substituents is 1. The molecule has 148 valence electrons. The lowest BCUT2D eigenvalue weighted by molar-refractivity contribution is -0.384. The number of carbonyl (C=O) groups excluding carboxylic acids is 2. The summed E-state index contributed by atoms with van der Waals surface area (Å²) in [5.74, 6) is -2.14. The molecule has 1 aromatic heterocycles. The van der Waals surface area contributed by atoms with E-state index in [1.165, 1.54) is 35.0 Å². The fourth-order valence-electron chi connectivity index (χ4n) is 3.21. The Kier molecular flexibility index (Phi) is 5.25. The van der Waals surface area contributed by atoms with Crippen molar-refractivity contribution in [1.82, 2.24) is 20.0 Å². The predicted molar refractivity (Wildman–Crippen MR) is 96.6 cm³/mol. The molecule has 11 heteroatoms. The molecule has 0 atom stereocenters. The van der Waals surface area contributed by atoms with Crippen molar-refractivity contribution in [2.75, 3.05) is 26.7 Å². The molecule has 1 aliphatic rings. The first kappa shape index (κ1) is 19.3. The van der Waals surface area contributed by atoms with Gasteiger partial charge in [-0.1, -0.05) is 0 Å². The Morgan fingerprint density at radius 1 is 1.36 bits per heavy atom. The molecule has 0 radical (unpaired) electrons. The van der Waals surface area contributed by atoms with Crippen molar-refractivity contribution in [2.45, 2.75) is 12.8 Å². The molecule has 1 fully saturated rings. The minimum atomic E-state index is -0.862. The summed E-state index contributed by atoms with van der Waals surface area (Å²) in [4.78, 5) is 49.2. The number of carbonyl (C=O) groups is 3. The highest BCUT2D eigenvalue weighted by Gasteiger charge is 2.28. The van der Waals surface area contributed by atoms with Crippen LogP contribution >= 0.6 is 0 Å². The van der Waals surface area contributed by atoms with Gasteiger partial charge < -0.3 is 14.9 Å². The van der Waals surface area contributed by atoms with E-state index in [2.05, 4.69) is 10.2 Å². The normalized spacial score (nSPS) is 14.8. The van der Waals surface area contributed by atoms with Crippen LogP contribution in [0.1, 0.15) is 23.3 Å². The third-order valence-electron chi connectivity index (χ3n) is 4.88. The van der Waals surface area contributed by atoms with E-state index in [0.29, 0.717) is 36.8 Å². The molecule has 2 N–H and O–H groups in total. The van der Waals surface area contributed by atoms with E-state index < -0.39 is 22.7 Å². The minimum Gasteiger partial charge on any atom is -0.481 e. The fourth-order valence-corrected chi connectivity index (χ4v) is 3.21. The van der Waals surface area contributed by atoms with E-state index in [4.69, 9.17) is 5.11 Å². The van der Waals surface area contributed by atoms with Gasteiger partial charge in [0.2, 0.25) is 5.91 Å². The Morgan fingerprint density at radius 3 is 2.64 bits per heavy atom. The van der Waals surface area contributed by atoms with Crippen LogP contribution in [0, 0.1) is 16.0 Å². The van der Waals surface area contributed by atoms with Gasteiger partial charge in [0.05, 0.1) is 22.9 Å². The van der Waals surface area contributed by atoms with Crippen LogP contribution in [0.25, 0.3) is 10.9 Å². The monoisotopic (exact) mass is 389 g/mol. The maximum Gasteiger partial charge on any atom is 0.306 e. The van der Waals surface area contributed by atoms with Crippen LogP contribution in [0.4, 0.5) is 5.69 Å². The first-order valence-electron chi connectivity index (χ1n) is 8.66. The van der Waals surface area contributed by atoms with Gasteiger partial charge in [-0.3, -0.25) is 29.6 Å². The van der Waals surface area contributed by atoms with Crippen LogP contribution in [0.3, 0.4) is 0 Å². The number of amides is 2. The number of aliphatic carboxylic acids is 1. The number of H-pyrrole nitrogens is 1. The zero-order valence-corrected chi connectivity index (χ0v) is 15.1. The molecule has 0 bridgehead atoms. The molecule has 0 unspecified atom stereocenters. The molecule has 2 heterocycles. The summed E-state index contributed by atoms with van der Waals surface area (Å²) in [6.45, 7) is 0.463. The van der Waals surface area contributed by atoms with Crippen molar-refractivity contribution in [3.05, 3.63) is 34.0 Å². The lowest BCUT2D eigenvalue weighted by Crippen LogP contribution is -2.45. The highest BCUT2D eigenvalue weighted by atomic mass is 16.6. The lowest BCUT2D eigenvalue weighted by atomic mass is 9.97. The fraction of sp³-hybridized carbons (Fsp3) is 0.412. The topological polar surface area (TPSA) is 150 Å². The molecule has 2 aromatic rings. The quantitative estimate of drug-likeness (QED) is 0.569. The number of carboxylic acids is 1. The van der Waals surface area contributed by atoms with Crippen LogP contribution in [-0.2, 0) is 9.59 Å². The third kappa shape index (κ3) is 3.77. The van der Waals surface area contributed by atoms with Gasteiger partial charge in [-0.25, -0.2) is 0 Å². The predicted octanol–water partition coefficient (Wildman–Crippen LogP) is 0.866. The van der Waals surface area contributed by atoms with Gasteiger partial charge in [-0.15, -0.1) is 0 Å². The Labute approximate surface area is 159 Å². The summed E-state index contributed by atoms with van der Waals surface area (Å²) in [6.07, 6.45) is 0.763. The number of nitrogens with one attached hydrogen (secondary N) is 1. The van der Waals surface area contributed by atoms with Crippen molar-refractivity contribution in [3.63, 3.8) is 0 Å². The molecule has 1 saturated heterocycles. The molecule has 2 amide bonds. The van der Waals surface area contributed by atoms with Crippen molar-refractivity contribution in [3.8, 4) is 0 Å². The molecular weight excluding hydrogens is 370 g/mol. The second-order valence-corrected chi connectivity index (χ2v) is 6.71. The number of nitro benzene ring substituents is 1. The Bertz CT molecular complexity index is 947. The largest absolute Gasteiger partial charge is 0.481 e. The number of fused-ring (bicyclic) bond motifs is 1. The Hall–Kier alpha value is -3.50. The number of benzene rings is 1. The SMILES string of the molecule is CN(CC(=O)N1CCC(C(=O)O)CC1)C(=O)c1n[nH]c2ccc([N+](=O)[O-])cc12. The van der Waals surface area contributed by atoms with Crippen LogP contribution in [0.15, 0.2) is 18.2 Å². The Morgan fingerprint density at radius 2 is 2.04 bits per heavy atom. The smallest absolute Gasteiger partial charge is 0.306 e. The highest BCUT2D eigenvalue weighted by molar-refractivity contribution is 6.06. The van der Waals surface area contributed by atoms with Gasteiger partial charge >= 0.3 is 5.97 Å². The van der Waals surface area contributed by atoms with E-state index in [0.717, 1.165) is 0 Å². The van der Waals surface area contributed by atoms with E-state index in [9.17, 15) is 24.5 Å². The number of likely N-dealkylation sites (tertiary alicyclic amines) is 1. The van der Waals surface area contributed by atoms with Gasteiger partial charge in [0.1, 0.15) is 0 Å². The Balaban J connectivity index is 1.68. The summed E-state index contributed by atoms with van der Waals surface area (Å²) >= 11 is 0. The first-order chi connectivity index (χ1) is 13.3. The van der Waals surface area contributed by atoms with Gasteiger partial charge in [0, 0.05) is 37.7 Å². The zero-order chi connectivity index (χ0) is 20.4. The number of rotatable bonds is 5. The van der Waals surface area contributed by atoms with Crippen molar-refractivity contribution in [1.29, 1.82) is 0 Å². The number of hydrogen-bond donors (Lipinski definition) is 2. The first-order valence-corrected chi connectivity index (χ1v) is 8.66. The summed E-state index contributed by atoms with van der Waals surface area (Å²) in [5.41, 5.74) is 0.311. The number of carboxylic acid groups (broad SMARTS) is 1. The van der Waals surface area contributed by atoms with Gasteiger partial charge in [-0.2, -0.15) is 5.10 Å². The lowest BCUT2D eigenvalue weighted by Gasteiger charge is -2.31. The van der Waals surface area contributed by atoms with Crippen LogP contribution in [0.2, 0.25) is 0 Å². The second kappa shape index (κ2) is 7.62. The summed E-state index contributed by atoms with van der Waals surface area (Å²) in [6, 6.07) is 4.04. The van der Waals surface area contributed by atoms with Crippen molar-refractivity contribution in [2.24, 2.45) is 5.92 Å². The average molecular weight is 389 g/mol. The van der Waals surface area contributed by atoms with Crippen LogP contribution < -0.4 is 0 Å². The van der Waals surface area contributed by atoms with E-state index >= 15 is 0 Å². The number of aromatic amines is 1. The maximum absolute atomic E-state index is 12.7. The van der Waals surface area contributed by atoms with Gasteiger partial charge in [0.25, 0.3) is 11.6 Å². The summed E-state index contributed by atoms with van der Waals surface area (Å²) in [5, 5.41) is 26.9. The molecular formula is C17H19N5O6. The minimum absolute atomic E-state index is 0.00131. The number of piperidine rings is 1. The molecule has 1 aromatic carbocycles. The standard InChI is InChI=1S/C17H19N5O6/c1-20(9-14(23)21-6-4-10(5-7-21)17(25)26)16(24)15-12-8-11(22(27)28)2-3-13(12)18-19-15/h2-3,8,10H,4-7,9H2,1H3,(H,18,19)(H,25,26). The molecule has 1 aliphatic heterocycles. The second-order valence-electron chi connectivity index (χ2n) is 6.71. The van der Waals surface area contributed by atoms with E-state index in [1.807, 2.05) is 0 Å². The molecule has 28 heavy (non-hydrogen) atoms. The highest BCUT2D eigenvalue weighted by Crippen LogP contribution is 2.23. The van der Waals surface area contributed by atoms with Crippen molar-refractivity contribution >= 4 is 34.4 Å². The number of nitrogens with zero attached hydrogens (tertiary/aromatic N) is 4. The van der Waals surface area contributed by atoms with Gasteiger partial charge in [-0.05, 0) is 18.9 Å². The van der Waals surface area contributed by atoms with Crippen molar-refractivity contribution < 1.29 is 24.4 Å². The van der Waals surface area contributed by atoms with E-state index in [-0.39, 0.29) is 23.8 Å². The summed E-state index contributed by atoms with van der Waals surface area (Å²) < 4.78 is 0. The number of hydrogen-bond acceptors (Lipinski definition) is 6. The van der Waals surface area contributed by atoms with Crippen LogP contribution in [0.5, 0.6) is 0 Å². The molecule has 3 rings (SSSR count). The number of aromatic nitrogens is 2.